The Morgan fingerprint density at radius 2 is 2.29 bits per heavy atom. The van der Waals surface area contributed by atoms with Crippen LogP contribution in [0, 0.1) is 18.3 Å². The highest BCUT2D eigenvalue weighted by atomic mass is 32.1. The highest BCUT2D eigenvalue weighted by Crippen LogP contribution is 2.30. The van der Waals surface area contributed by atoms with Gasteiger partial charge in [-0.2, -0.15) is 5.26 Å². The van der Waals surface area contributed by atoms with E-state index in [2.05, 4.69) is 4.98 Å². The molecule has 0 aliphatic heterocycles. The Labute approximate surface area is 102 Å². The molecular formula is C12H8N2O2S. The number of hydrogen-bond donors (Lipinski definition) is 1. The molecule has 0 aliphatic carbocycles. The first-order valence-electron chi connectivity index (χ1n) is 4.83. The van der Waals surface area contributed by atoms with E-state index in [0.717, 1.165) is 0 Å². The van der Waals surface area contributed by atoms with Crippen molar-refractivity contribution in [2.75, 3.05) is 0 Å². The van der Waals surface area contributed by atoms with Gasteiger partial charge in [0.25, 0.3) is 0 Å². The van der Waals surface area contributed by atoms with E-state index in [0.29, 0.717) is 21.0 Å². The lowest BCUT2D eigenvalue weighted by atomic mass is 10.1. The van der Waals surface area contributed by atoms with Crippen molar-refractivity contribution in [3.05, 3.63) is 40.5 Å². The van der Waals surface area contributed by atoms with E-state index in [1.807, 2.05) is 6.07 Å². The third-order valence-electron chi connectivity index (χ3n) is 2.19. The van der Waals surface area contributed by atoms with Crippen molar-refractivity contribution in [2.24, 2.45) is 0 Å². The normalized spacial score (nSPS) is 9.88. The number of aromatic carboxylic acids is 1. The van der Waals surface area contributed by atoms with Crippen LogP contribution in [0.5, 0.6) is 0 Å². The lowest BCUT2D eigenvalue weighted by Gasteiger charge is -1.99. The summed E-state index contributed by atoms with van der Waals surface area (Å²) in [5.41, 5.74) is 1.26. The lowest BCUT2D eigenvalue weighted by Crippen LogP contribution is -1.98. The number of aromatic nitrogens is 1. The average Bonchev–Trinajstić information content (AvgIpc) is 2.72. The van der Waals surface area contributed by atoms with Crippen molar-refractivity contribution in [1.29, 1.82) is 5.26 Å². The number of hydrogen-bond acceptors (Lipinski definition) is 4. The molecular weight excluding hydrogens is 236 g/mol. The third-order valence-corrected chi connectivity index (χ3v) is 3.21. The Hall–Kier alpha value is -2.19. The summed E-state index contributed by atoms with van der Waals surface area (Å²) in [6, 6.07) is 8.88. The monoisotopic (exact) mass is 244 g/mol. The SMILES string of the molecule is Cc1nc(C(=O)O)c(-c2cccc(C#N)c2)s1. The molecule has 1 N–H and O–H groups in total. The Morgan fingerprint density at radius 1 is 1.53 bits per heavy atom. The van der Waals surface area contributed by atoms with Gasteiger partial charge in [0.15, 0.2) is 5.69 Å². The Balaban J connectivity index is 2.60. The minimum absolute atomic E-state index is 0.0441. The maximum Gasteiger partial charge on any atom is 0.356 e. The molecule has 2 rings (SSSR count). The van der Waals surface area contributed by atoms with Crippen molar-refractivity contribution in [3.63, 3.8) is 0 Å². The maximum absolute atomic E-state index is 11.0. The van der Waals surface area contributed by atoms with Gasteiger partial charge in [0.2, 0.25) is 0 Å². The number of carbonyl (C=O) groups is 1. The molecule has 1 aromatic carbocycles. The summed E-state index contributed by atoms with van der Waals surface area (Å²) < 4.78 is 0. The van der Waals surface area contributed by atoms with Crippen LogP contribution in [0.25, 0.3) is 10.4 Å². The summed E-state index contributed by atoms with van der Waals surface area (Å²) >= 11 is 1.31. The predicted molar refractivity (Wildman–Crippen MR) is 64.0 cm³/mol. The first-order chi connectivity index (χ1) is 8.11. The van der Waals surface area contributed by atoms with Crippen molar-refractivity contribution in [3.8, 4) is 16.5 Å². The number of benzene rings is 1. The second-order valence-corrected chi connectivity index (χ2v) is 4.61. The van der Waals surface area contributed by atoms with E-state index < -0.39 is 5.97 Å². The van der Waals surface area contributed by atoms with Crippen molar-refractivity contribution in [2.45, 2.75) is 6.92 Å². The Kier molecular flexibility index (Phi) is 2.90. The zero-order chi connectivity index (χ0) is 12.4. The molecule has 0 atom stereocenters. The molecule has 84 valence electrons. The third kappa shape index (κ3) is 2.17. The quantitative estimate of drug-likeness (QED) is 0.881. The number of rotatable bonds is 2. The Bertz CT molecular complexity index is 626. The van der Waals surface area contributed by atoms with Crippen LogP contribution < -0.4 is 0 Å². The summed E-state index contributed by atoms with van der Waals surface area (Å²) in [6.07, 6.45) is 0. The summed E-state index contributed by atoms with van der Waals surface area (Å²) in [5, 5.41) is 18.6. The molecule has 4 nitrogen and oxygen atoms in total. The largest absolute Gasteiger partial charge is 0.476 e. The smallest absolute Gasteiger partial charge is 0.356 e. The molecule has 0 spiro atoms. The van der Waals surface area contributed by atoms with Crippen LogP contribution in [-0.2, 0) is 0 Å². The van der Waals surface area contributed by atoms with Gasteiger partial charge >= 0.3 is 5.97 Å². The fourth-order valence-corrected chi connectivity index (χ4v) is 2.40. The number of carboxylic acids is 1. The molecule has 0 saturated heterocycles. The van der Waals surface area contributed by atoms with E-state index >= 15 is 0 Å². The fourth-order valence-electron chi connectivity index (χ4n) is 1.50. The number of carboxylic acid groups (broad SMARTS) is 1. The van der Waals surface area contributed by atoms with E-state index in [1.54, 1.807) is 31.2 Å². The number of aryl methyl sites for hydroxylation is 1. The first-order valence-corrected chi connectivity index (χ1v) is 5.64. The van der Waals surface area contributed by atoms with Gasteiger partial charge in [0.05, 0.1) is 21.5 Å². The van der Waals surface area contributed by atoms with Gasteiger partial charge in [-0.25, -0.2) is 9.78 Å². The molecule has 5 heteroatoms. The summed E-state index contributed by atoms with van der Waals surface area (Å²) in [7, 11) is 0. The topological polar surface area (TPSA) is 74.0 Å². The first kappa shape index (κ1) is 11.3. The molecule has 2 aromatic rings. The molecule has 0 unspecified atom stereocenters. The molecule has 1 heterocycles. The highest BCUT2D eigenvalue weighted by Gasteiger charge is 2.17. The van der Waals surface area contributed by atoms with Crippen LogP contribution in [0.15, 0.2) is 24.3 Å². The zero-order valence-electron chi connectivity index (χ0n) is 8.97. The van der Waals surface area contributed by atoms with Crippen molar-refractivity contribution >= 4 is 17.3 Å². The standard InChI is InChI=1S/C12H8N2O2S/c1-7-14-10(12(15)16)11(17-7)9-4-2-3-8(5-9)6-13/h2-5H,1H3,(H,15,16). The second-order valence-electron chi connectivity index (χ2n) is 3.41. The predicted octanol–water partition coefficient (Wildman–Crippen LogP) is 2.69. The molecule has 17 heavy (non-hydrogen) atoms. The fraction of sp³-hybridized carbons (Fsp3) is 0.0833. The van der Waals surface area contributed by atoms with Crippen LogP contribution in [0.4, 0.5) is 0 Å². The van der Waals surface area contributed by atoms with Crippen LogP contribution in [-0.4, -0.2) is 16.1 Å². The summed E-state index contributed by atoms with van der Waals surface area (Å²) in [6.45, 7) is 1.76. The van der Waals surface area contributed by atoms with Crippen LogP contribution in [0.3, 0.4) is 0 Å². The van der Waals surface area contributed by atoms with Crippen LogP contribution in [0.1, 0.15) is 21.1 Å². The van der Waals surface area contributed by atoms with Gasteiger partial charge in [-0.15, -0.1) is 11.3 Å². The van der Waals surface area contributed by atoms with E-state index in [9.17, 15) is 4.79 Å². The number of thiazole rings is 1. The second kappa shape index (κ2) is 4.36. The molecule has 0 fully saturated rings. The lowest BCUT2D eigenvalue weighted by molar-refractivity contribution is 0.0692. The van der Waals surface area contributed by atoms with E-state index in [4.69, 9.17) is 10.4 Å². The van der Waals surface area contributed by atoms with Crippen LogP contribution in [0.2, 0.25) is 0 Å². The van der Waals surface area contributed by atoms with Gasteiger partial charge in [-0.3, -0.25) is 0 Å². The zero-order valence-corrected chi connectivity index (χ0v) is 9.78. The highest BCUT2D eigenvalue weighted by molar-refractivity contribution is 7.15. The minimum Gasteiger partial charge on any atom is -0.476 e. The summed E-state index contributed by atoms with van der Waals surface area (Å²) in [4.78, 5) is 15.6. The number of nitrogens with zero attached hydrogens (tertiary/aromatic N) is 2. The van der Waals surface area contributed by atoms with Gasteiger partial charge in [0.1, 0.15) is 0 Å². The van der Waals surface area contributed by atoms with E-state index in [-0.39, 0.29) is 5.69 Å². The van der Waals surface area contributed by atoms with E-state index in [1.165, 1.54) is 11.3 Å². The Morgan fingerprint density at radius 3 is 2.94 bits per heavy atom. The van der Waals surface area contributed by atoms with Crippen molar-refractivity contribution < 1.29 is 9.90 Å². The number of nitriles is 1. The van der Waals surface area contributed by atoms with Crippen LogP contribution >= 0.6 is 11.3 Å². The maximum atomic E-state index is 11.0. The molecule has 0 saturated carbocycles. The molecule has 1 aromatic heterocycles. The van der Waals surface area contributed by atoms with Gasteiger partial charge in [0, 0.05) is 0 Å². The molecule has 0 radical (unpaired) electrons. The molecule has 0 aliphatic rings. The molecule has 0 amide bonds. The average molecular weight is 244 g/mol. The minimum atomic E-state index is -1.05. The molecule has 0 bridgehead atoms. The van der Waals surface area contributed by atoms with Gasteiger partial charge in [-0.1, -0.05) is 12.1 Å². The van der Waals surface area contributed by atoms with Gasteiger partial charge < -0.3 is 5.11 Å². The van der Waals surface area contributed by atoms with Crippen molar-refractivity contribution in [1.82, 2.24) is 4.98 Å². The summed E-state index contributed by atoms with van der Waals surface area (Å²) in [5.74, 6) is -1.05. The van der Waals surface area contributed by atoms with Gasteiger partial charge in [-0.05, 0) is 24.6 Å².